The third kappa shape index (κ3) is 2.39. The minimum atomic E-state index is -0.422. The van der Waals surface area contributed by atoms with E-state index >= 15 is 0 Å². The normalized spacial score (nSPS) is 17.0. The third-order valence-electron chi connectivity index (χ3n) is 2.36. The number of ether oxygens (including phenoxy) is 1. The van der Waals surface area contributed by atoms with E-state index in [2.05, 4.69) is 25.9 Å². The molecule has 0 atom stereocenters. The first-order valence-electron chi connectivity index (χ1n) is 4.93. The molecule has 0 aliphatic carbocycles. The standard InChI is InChI=1S/C12H10BrNO3/c1-7-9(12(15)17-14-7)5-8-3-4-11(16-2)10(13)6-8/h3-6H,1-2H3/b9-5+. The molecule has 1 aliphatic heterocycles. The molecule has 0 N–H and O–H groups in total. The van der Waals surface area contributed by atoms with Crippen LogP contribution in [0.4, 0.5) is 0 Å². The second-order valence-corrected chi connectivity index (χ2v) is 4.36. The Morgan fingerprint density at radius 3 is 2.76 bits per heavy atom. The second kappa shape index (κ2) is 4.71. The Labute approximate surface area is 107 Å². The van der Waals surface area contributed by atoms with Crippen LogP contribution < -0.4 is 4.74 Å². The molecule has 0 saturated carbocycles. The van der Waals surface area contributed by atoms with Gasteiger partial charge >= 0.3 is 5.97 Å². The van der Waals surface area contributed by atoms with E-state index in [1.54, 1.807) is 20.1 Å². The number of halogens is 1. The maximum Gasteiger partial charge on any atom is 0.367 e. The molecule has 2 rings (SSSR count). The van der Waals surface area contributed by atoms with Gasteiger partial charge in [0.25, 0.3) is 0 Å². The van der Waals surface area contributed by atoms with Crippen molar-refractivity contribution in [2.75, 3.05) is 7.11 Å². The molecule has 0 saturated heterocycles. The van der Waals surface area contributed by atoms with Crippen molar-refractivity contribution in [3.63, 3.8) is 0 Å². The Kier molecular flexibility index (Phi) is 3.28. The highest BCUT2D eigenvalue weighted by Gasteiger charge is 2.21. The molecular weight excluding hydrogens is 286 g/mol. The molecule has 1 aromatic carbocycles. The first-order valence-corrected chi connectivity index (χ1v) is 5.72. The van der Waals surface area contributed by atoms with Crippen molar-refractivity contribution in [2.45, 2.75) is 6.92 Å². The number of nitrogens with zero attached hydrogens (tertiary/aromatic N) is 1. The highest BCUT2D eigenvalue weighted by atomic mass is 79.9. The summed E-state index contributed by atoms with van der Waals surface area (Å²) in [6.45, 7) is 1.73. The average molecular weight is 296 g/mol. The van der Waals surface area contributed by atoms with Gasteiger partial charge in [-0.2, -0.15) is 0 Å². The van der Waals surface area contributed by atoms with E-state index in [1.807, 2.05) is 18.2 Å². The SMILES string of the molecule is COc1ccc(/C=C2/C(=O)ON=C2C)cc1Br. The average Bonchev–Trinajstić information content (AvgIpc) is 2.61. The number of methoxy groups -OCH3 is 1. The molecule has 1 aromatic rings. The lowest BCUT2D eigenvalue weighted by molar-refractivity contribution is -0.136. The quantitative estimate of drug-likeness (QED) is 0.623. The Bertz CT molecular complexity index is 535. The number of hydrogen-bond donors (Lipinski definition) is 0. The van der Waals surface area contributed by atoms with Crippen molar-refractivity contribution in [1.82, 2.24) is 0 Å². The van der Waals surface area contributed by atoms with Crippen molar-refractivity contribution < 1.29 is 14.4 Å². The molecular formula is C12H10BrNO3. The molecule has 1 aliphatic rings. The lowest BCUT2D eigenvalue weighted by Gasteiger charge is -2.03. The van der Waals surface area contributed by atoms with Crippen molar-refractivity contribution in [2.24, 2.45) is 5.16 Å². The molecule has 0 aromatic heterocycles. The van der Waals surface area contributed by atoms with Crippen LogP contribution in [0.1, 0.15) is 12.5 Å². The third-order valence-corrected chi connectivity index (χ3v) is 2.98. The lowest BCUT2D eigenvalue weighted by atomic mass is 10.1. The Balaban J connectivity index is 2.36. The molecule has 0 amide bonds. The summed E-state index contributed by atoms with van der Waals surface area (Å²) in [7, 11) is 1.60. The van der Waals surface area contributed by atoms with Crippen LogP contribution in [0.25, 0.3) is 6.08 Å². The monoisotopic (exact) mass is 295 g/mol. The molecule has 0 bridgehead atoms. The highest BCUT2D eigenvalue weighted by Crippen LogP contribution is 2.27. The zero-order valence-corrected chi connectivity index (χ0v) is 10.9. The first-order chi connectivity index (χ1) is 8.11. The number of rotatable bonds is 2. The van der Waals surface area contributed by atoms with E-state index in [0.29, 0.717) is 11.3 Å². The summed E-state index contributed by atoms with van der Waals surface area (Å²) in [6, 6.07) is 5.55. The topological polar surface area (TPSA) is 47.9 Å². The van der Waals surface area contributed by atoms with E-state index < -0.39 is 5.97 Å². The van der Waals surface area contributed by atoms with Crippen molar-refractivity contribution in [3.8, 4) is 5.75 Å². The Hall–Kier alpha value is -1.62. The van der Waals surface area contributed by atoms with Crippen LogP contribution in [0.3, 0.4) is 0 Å². The van der Waals surface area contributed by atoms with Gasteiger partial charge in [-0.05, 0) is 46.6 Å². The molecule has 88 valence electrons. The largest absolute Gasteiger partial charge is 0.496 e. The van der Waals surface area contributed by atoms with Crippen LogP contribution in [-0.2, 0) is 9.63 Å². The Morgan fingerprint density at radius 1 is 1.47 bits per heavy atom. The van der Waals surface area contributed by atoms with E-state index in [9.17, 15) is 4.79 Å². The van der Waals surface area contributed by atoms with E-state index in [4.69, 9.17) is 4.74 Å². The van der Waals surface area contributed by atoms with E-state index in [0.717, 1.165) is 15.8 Å². The summed E-state index contributed by atoms with van der Waals surface area (Å²) < 4.78 is 5.96. The van der Waals surface area contributed by atoms with Gasteiger partial charge in [-0.25, -0.2) is 4.79 Å². The van der Waals surface area contributed by atoms with E-state index in [-0.39, 0.29) is 0 Å². The van der Waals surface area contributed by atoms with Crippen molar-refractivity contribution in [3.05, 3.63) is 33.8 Å². The van der Waals surface area contributed by atoms with Crippen LogP contribution in [0, 0.1) is 0 Å². The summed E-state index contributed by atoms with van der Waals surface area (Å²) in [5.74, 6) is 0.320. The fourth-order valence-electron chi connectivity index (χ4n) is 1.46. The smallest absolute Gasteiger partial charge is 0.367 e. The molecule has 0 fully saturated rings. The number of oxime groups is 1. The fraction of sp³-hybridized carbons (Fsp3) is 0.167. The summed E-state index contributed by atoms with van der Waals surface area (Å²) in [5.41, 5.74) is 1.94. The zero-order chi connectivity index (χ0) is 12.4. The second-order valence-electron chi connectivity index (χ2n) is 3.51. The van der Waals surface area contributed by atoms with Gasteiger partial charge in [-0.1, -0.05) is 11.2 Å². The number of carbonyl (C=O) groups is 1. The Morgan fingerprint density at radius 2 is 2.24 bits per heavy atom. The fourth-order valence-corrected chi connectivity index (χ4v) is 2.02. The van der Waals surface area contributed by atoms with Gasteiger partial charge in [0.1, 0.15) is 5.75 Å². The van der Waals surface area contributed by atoms with Gasteiger partial charge in [0.15, 0.2) is 0 Å². The van der Waals surface area contributed by atoms with Crippen molar-refractivity contribution in [1.29, 1.82) is 0 Å². The van der Waals surface area contributed by atoms with Gasteiger partial charge in [0.2, 0.25) is 0 Å². The lowest BCUT2D eigenvalue weighted by Crippen LogP contribution is -2.01. The summed E-state index contributed by atoms with van der Waals surface area (Å²) in [6.07, 6.45) is 1.73. The van der Waals surface area contributed by atoms with E-state index in [1.165, 1.54) is 0 Å². The zero-order valence-electron chi connectivity index (χ0n) is 9.36. The van der Waals surface area contributed by atoms with Crippen LogP contribution in [0.5, 0.6) is 5.75 Å². The highest BCUT2D eigenvalue weighted by molar-refractivity contribution is 9.10. The maximum absolute atomic E-state index is 11.4. The van der Waals surface area contributed by atoms with Gasteiger partial charge < -0.3 is 9.57 Å². The minimum absolute atomic E-state index is 0.422. The maximum atomic E-state index is 11.4. The van der Waals surface area contributed by atoms with Crippen LogP contribution in [0.2, 0.25) is 0 Å². The van der Waals surface area contributed by atoms with Gasteiger partial charge in [0, 0.05) is 0 Å². The summed E-state index contributed by atoms with van der Waals surface area (Å²) >= 11 is 3.39. The molecule has 0 spiro atoms. The predicted molar refractivity (Wildman–Crippen MR) is 67.9 cm³/mol. The number of benzene rings is 1. The van der Waals surface area contributed by atoms with Crippen LogP contribution >= 0.6 is 15.9 Å². The first kappa shape index (κ1) is 11.9. The molecule has 4 nitrogen and oxygen atoms in total. The number of hydrogen-bond acceptors (Lipinski definition) is 4. The molecule has 5 heteroatoms. The van der Waals surface area contributed by atoms with Gasteiger partial charge in [-0.3, -0.25) is 0 Å². The molecule has 0 radical (unpaired) electrons. The van der Waals surface area contributed by atoms with Gasteiger partial charge in [0.05, 0.1) is 22.9 Å². The summed E-state index contributed by atoms with van der Waals surface area (Å²) in [4.78, 5) is 15.9. The van der Waals surface area contributed by atoms with Crippen LogP contribution in [-0.4, -0.2) is 18.8 Å². The van der Waals surface area contributed by atoms with Gasteiger partial charge in [-0.15, -0.1) is 0 Å². The number of carbonyl (C=O) groups excluding carboxylic acids is 1. The molecule has 0 unspecified atom stereocenters. The molecule has 1 heterocycles. The minimum Gasteiger partial charge on any atom is -0.496 e. The van der Waals surface area contributed by atoms with Crippen LogP contribution in [0.15, 0.2) is 33.4 Å². The molecule has 17 heavy (non-hydrogen) atoms. The van der Waals surface area contributed by atoms with Crippen molar-refractivity contribution >= 4 is 33.7 Å². The summed E-state index contributed by atoms with van der Waals surface area (Å²) in [5, 5.41) is 3.61. The predicted octanol–water partition coefficient (Wildman–Crippen LogP) is 2.77.